The molecule has 0 radical (unpaired) electrons. The third-order valence-corrected chi connectivity index (χ3v) is 5.43. The largest absolute Gasteiger partial charge is 0.490 e. The number of rotatable bonds is 4. The predicted molar refractivity (Wildman–Crippen MR) is 113 cm³/mol. The minimum absolute atomic E-state index is 0.123. The molecule has 2 heterocycles. The van der Waals surface area contributed by atoms with Crippen molar-refractivity contribution in [2.75, 3.05) is 13.6 Å². The zero-order chi connectivity index (χ0) is 24.9. The van der Waals surface area contributed by atoms with Crippen LogP contribution in [0.15, 0.2) is 24.5 Å². The van der Waals surface area contributed by atoms with E-state index in [0.717, 1.165) is 30.9 Å². The van der Waals surface area contributed by atoms with Crippen molar-refractivity contribution in [1.29, 1.82) is 0 Å². The standard InChI is InChI=1S/C20H27FN4O.C2HF3O2/c1-14(2)23(4)11-18-19-12-24(8-5-9-25(19)13-22-18)20(26)16-7-6-15(3)17(21)10-16;3-2(4,5)1(6)7/h6-7,10,13-14H,5,8-9,11-12H2,1-4H3;(H,6,7). The van der Waals surface area contributed by atoms with Crippen molar-refractivity contribution >= 4 is 11.9 Å². The van der Waals surface area contributed by atoms with E-state index in [1.54, 1.807) is 19.1 Å². The average Bonchev–Trinajstić information content (AvgIpc) is 2.96. The lowest BCUT2D eigenvalue weighted by Crippen LogP contribution is -2.32. The molecule has 1 aliphatic heterocycles. The van der Waals surface area contributed by atoms with Crippen molar-refractivity contribution in [3.05, 3.63) is 52.9 Å². The summed E-state index contributed by atoms with van der Waals surface area (Å²) in [4.78, 5) is 30.4. The predicted octanol–water partition coefficient (Wildman–Crippen LogP) is 3.85. The number of aliphatic carboxylic acids is 1. The van der Waals surface area contributed by atoms with Gasteiger partial charge >= 0.3 is 12.1 Å². The summed E-state index contributed by atoms with van der Waals surface area (Å²) in [6, 6.07) is 5.13. The first kappa shape index (κ1) is 26.3. The number of aromatic nitrogens is 2. The van der Waals surface area contributed by atoms with Gasteiger partial charge in [0, 0.05) is 31.2 Å². The number of imidazole rings is 1. The first-order valence-electron chi connectivity index (χ1n) is 10.4. The lowest BCUT2D eigenvalue weighted by molar-refractivity contribution is -0.192. The fourth-order valence-corrected chi connectivity index (χ4v) is 3.15. The molecule has 3 rings (SSSR count). The van der Waals surface area contributed by atoms with Gasteiger partial charge in [-0.15, -0.1) is 0 Å². The van der Waals surface area contributed by atoms with Gasteiger partial charge < -0.3 is 14.6 Å². The van der Waals surface area contributed by atoms with Crippen LogP contribution in [0.1, 0.15) is 47.6 Å². The summed E-state index contributed by atoms with van der Waals surface area (Å²) < 4.78 is 47.8. The van der Waals surface area contributed by atoms with Crippen LogP contribution < -0.4 is 0 Å². The lowest BCUT2D eigenvalue weighted by Gasteiger charge is -2.23. The summed E-state index contributed by atoms with van der Waals surface area (Å²) in [7, 11) is 2.07. The topological polar surface area (TPSA) is 78.7 Å². The maximum Gasteiger partial charge on any atom is 0.490 e. The zero-order valence-electron chi connectivity index (χ0n) is 19.0. The third-order valence-electron chi connectivity index (χ3n) is 5.43. The Bertz CT molecular complexity index is 989. The molecule has 0 unspecified atom stereocenters. The molecule has 0 saturated carbocycles. The minimum Gasteiger partial charge on any atom is -0.475 e. The lowest BCUT2D eigenvalue weighted by atomic mass is 10.1. The fraction of sp³-hybridized carbons (Fsp3) is 0.500. The number of carbonyl (C=O) groups excluding carboxylic acids is 1. The number of halogens is 4. The zero-order valence-corrected chi connectivity index (χ0v) is 19.0. The smallest absolute Gasteiger partial charge is 0.475 e. The van der Waals surface area contributed by atoms with Crippen LogP contribution in [0.25, 0.3) is 0 Å². The molecule has 0 atom stereocenters. The molecule has 7 nitrogen and oxygen atoms in total. The molecular formula is C22H28F4N4O3. The molecule has 1 N–H and O–H groups in total. The highest BCUT2D eigenvalue weighted by atomic mass is 19.4. The normalized spacial score (nSPS) is 13.9. The summed E-state index contributed by atoms with van der Waals surface area (Å²) in [6.45, 7) is 8.77. The summed E-state index contributed by atoms with van der Waals surface area (Å²) in [6.07, 6.45) is -2.35. The second-order valence-corrected chi connectivity index (χ2v) is 8.19. The van der Waals surface area contributed by atoms with Crippen LogP contribution >= 0.6 is 0 Å². The van der Waals surface area contributed by atoms with Gasteiger partial charge in [0.05, 0.1) is 24.3 Å². The van der Waals surface area contributed by atoms with Crippen molar-refractivity contribution in [1.82, 2.24) is 19.4 Å². The van der Waals surface area contributed by atoms with Gasteiger partial charge in [0.25, 0.3) is 5.91 Å². The van der Waals surface area contributed by atoms with Gasteiger partial charge in [-0.05, 0) is 51.9 Å². The van der Waals surface area contributed by atoms with Gasteiger partial charge in [0.1, 0.15) is 5.82 Å². The summed E-state index contributed by atoms with van der Waals surface area (Å²) in [5.74, 6) is -3.22. The Hall–Kier alpha value is -2.95. The molecule has 0 bridgehead atoms. The number of carboxylic acid groups (broad SMARTS) is 1. The van der Waals surface area contributed by atoms with E-state index in [-0.39, 0.29) is 11.7 Å². The monoisotopic (exact) mass is 472 g/mol. The first-order chi connectivity index (χ1) is 15.3. The molecule has 1 aromatic heterocycles. The van der Waals surface area contributed by atoms with Crippen molar-refractivity contribution < 1.29 is 32.3 Å². The molecule has 0 spiro atoms. The van der Waals surface area contributed by atoms with E-state index in [0.29, 0.717) is 30.3 Å². The van der Waals surface area contributed by atoms with Crippen LogP contribution in [0, 0.1) is 12.7 Å². The van der Waals surface area contributed by atoms with Crippen molar-refractivity contribution in [3.8, 4) is 0 Å². The highest BCUT2D eigenvalue weighted by Crippen LogP contribution is 2.20. The maximum atomic E-state index is 13.9. The molecule has 0 aliphatic carbocycles. The molecule has 1 aromatic carbocycles. The Morgan fingerprint density at radius 3 is 2.42 bits per heavy atom. The molecule has 2 aromatic rings. The first-order valence-corrected chi connectivity index (χ1v) is 10.4. The van der Waals surface area contributed by atoms with Crippen LogP contribution in [0.5, 0.6) is 0 Å². The summed E-state index contributed by atoms with van der Waals surface area (Å²) >= 11 is 0. The van der Waals surface area contributed by atoms with Crippen LogP contribution in [-0.2, 0) is 24.4 Å². The van der Waals surface area contributed by atoms with E-state index in [1.165, 1.54) is 6.07 Å². The SMILES string of the molecule is Cc1ccc(C(=O)N2CCCn3cnc(CN(C)C(C)C)c3C2)cc1F.O=C(O)C(F)(F)F. The van der Waals surface area contributed by atoms with E-state index in [2.05, 4.69) is 35.3 Å². The van der Waals surface area contributed by atoms with Crippen LogP contribution in [-0.4, -0.2) is 62.1 Å². The highest BCUT2D eigenvalue weighted by molar-refractivity contribution is 5.94. The number of hydrogen-bond donors (Lipinski definition) is 1. The molecular weight excluding hydrogens is 444 g/mol. The molecule has 182 valence electrons. The number of fused-ring (bicyclic) bond motifs is 1. The van der Waals surface area contributed by atoms with Crippen LogP contribution in [0.3, 0.4) is 0 Å². The van der Waals surface area contributed by atoms with E-state index in [9.17, 15) is 22.4 Å². The van der Waals surface area contributed by atoms with Crippen molar-refractivity contribution in [3.63, 3.8) is 0 Å². The molecule has 0 fully saturated rings. The number of amides is 1. The summed E-state index contributed by atoms with van der Waals surface area (Å²) in [5, 5.41) is 7.12. The number of nitrogens with zero attached hydrogens (tertiary/aromatic N) is 4. The number of aryl methyl sites for hydroxylation is 2. The molecule has 0 saturated heterocycles. The minimum atomic E-state index is -5.08. The van der Waals surface area contributed by atoms with Crippen LogP contribution in [0.4, 0.5) is 17.6 Å². The number of alkyl halides is 3. The van der Waals surface area contributed by atoms with Gasteiger partial charge in [-0.1, -0.05) is 6.07 Å². The Kier molecular flexibility index (Phi) is 8.59. The second-order valence-electron chi connectivity index (χ2n) is 8.19. The maximum absolute atomic E-state index is 13.9. The van der Waals surface area contributed by atoms with E-state index in [1.807, 2.05) is 11.2 Å². The highest BCUT2D eigenvalue weighted by Gasteiger charge is 2.38. The van der Waals surface area contributed by atoms with E-state index in [4.69, 9.17) is 9.90 Å². The quantitative estimate of drug-likeness (QED) is 0.684. The number of hydrogen-bond acceptors (Lipinski definition) is 4. The van der Waals surface area contributed by atoms with Gasteiger partial charge in [-0.3, -0.25) is 9.69 Å². The van der Waals surface area contributed by atoms with Gasteiger partial charge in [0.15, 0.2) is 0 Å². The second kappa shape index (κ2) is 10.8. The third kappa shape index (κ3) is 7.01. The summed E-state index contributed by atoms with van der Waals surface area (Å²) in [5.41, 5.74) is 3.04. The Morgan fingerprint density at radius 1 is 1.24 bits per heavy atom. The number of carboxylic acids is 1. The van der Waals surface area contributed by atoms with Crippen molar-refractivity contribution in [2.24, 2.45) is 0 Å². The Balaban J connectivity index is 0.000000479. The van der Waals surface area contributed by atoms with Crippen LogP contribution in [0.2, 0.25) is 0 Å². The molecule has 33 heavy (non-hydrogen) atoms. The van der Waals surface area contributed by atoms with Gasteiger partial charge in [-0.2, -0.15) is 13.2 Å². The van der Waals surface area contributed by atoms with E-state index < -0.39 is 12.1 Å². The Morgan fingerprint density at radius 2 is 1.88 bits per heavy atom. The molecule has 1 amide bonds. The van der Waals surface area contributed by atoms with E-state index >= 15 is 0 Å². The van der Waals surface area contributed by atoms with Gasteiger partial charge in [-0.25, -0.2) is 14.2 Å². The number of carbonyl (C=O) groups is 2. The van der Waals surface area contributed by atoms with Crippen molar-refractivity contribution in [2.45, 2.75) is 59.0 Å². The molecule has 1 aliphatic rings. The number of benzene rings is 1. The molecule has 11 heteroatoms. The van der Waals surface area contributed by atoms with Gasteiger partial charge in [0.2, 0.25) is 0 Å². The fourth-order valence-electron chi connectivity index (χ4n) is 3.15. The Labute approximate surface area is 189 Å². The average molecular weight is 472 g/mol.